The lowest BCUT2D eigenvalue weighted by Crippen LogP contribution is -2.08. The third-order valence-corrected chi connectivity index (χ3v) is 4.39. The predicted octanol–water partition coefficient (Wildman–Crippen LogP) is 0.431. The van der Waals surface area contributed by atoms with Gasteiger partial charge in [-0.25, -0.2) is 0 Å². The fraction of sp³-hybridized carbons (Fsp3) is 0.143. The normalized spacial score (nSPS) is 11.1. The first-order chi connectivity index (χ1) is 9.49. The van der Waals surface area contributed by atoms with Gasteiger partial charge in [-0.15, -0.1) is 0 Å². The molecule has 6 heteroatoms. The summed E-state index contributed by atoms with van der Waals surface area (Å²) in [6, 6.07) is 12.3. The Bertz CT molecular complexity index is 536. The van der Waals surface area contributed by atoms with Crippen LogP contribution in [0.3, 0.4) is 0 Å². The lowest BCUT2D eigenvalue weighted by molar-refractivity contribution is -0.0430. The Labute approximate surface area is 116 Å². The maximum absolute atomic E-state index is 12.3. The molecule has 0 aliphatic rings. The summed E-state index contributed by atoms with van der Waals surface area (Å²) < 4.78 is 12.3. The van der Waals surface area contributed by atoms with Crippen LogP contribution in [0, 0.1) is 0 Å². The first-order valence-electron chi connectivity index (χ1n) is 5.88. The molecule has 0 atom stereocenters. The number of rotatable bonds is 4. The van der Waals surface area contributed by atoms with Gasteiger partial charge in [-0.3, -0.25) is 0 Å². The van der Waals surface area contributed by atoms with Gasteiger partial charge in [0, 0.05) is 11.1 Å². The Morgan fingerprint density at radius 3 is 1.20 bits per heavy atom. The predicted molar refractivity (Wildman–Crippen MR) is 74.1 cm³/mol. The van der Waals surface area contributed by atoms with Crippen molar-refractivity contribution in [1.82, 2.24) is 0 Å². The molecule has 0 aliphatic carbocycles. The molecular weight excluding hydrogens is 279 g/mol. The van der Waals surface area contributed by atoms with Gasteiger partial charge in [0.05, 0.1) is 0 Å². The maximum Gasteiger partial charge on any atom is 0.415 e. The number of benzene rings is 2. The third kappa shape index (κ3) is 3.28. The summed E-state index contributed by atoms with van der Waals surface area (Å²) in [5.74, 6) is 0. The Kier molecular flexibility index (Phi) is 4.60. The molecule has 0 unspecified atom stereocenters. The zero-order chi connectivity index (χ0) is 14.7. The van der Waals surface area contributed by atoms with E-state index in [0.717, 1.165) is 0 Å². The molecule has 20 heavy (non-hydrogen) atoms. The molecule has 0 bridgehead atoms. The van der Waals surface area contributed by atoms with Crippen LogP contribution in [0.2, 0.25) is 0 Å². The second-order valence-corrected chi connectivity index (χ2v) is 5.85. The van der Waals surface area contributed by atoms with Crippen molar-refractivity contribution in [2.24, 2.45) is 0 Å². The first kappa shape index (κ1) is 14.8. The van der Waals surface area contributed by atoms with E-state index in [1.807, 2.05) is 0 Å². The monoisotopic (exact) mass is 293 g/mol. The lowest BCUT2D eigenvalue weighted by Gasteiger charge is -2.02. The Morgan fingerprint density at radius 2 is 0.950 bits per heavy atom. The van der Waals surface area contributed by atoms with Crippen LogP contribution in [0.15, 0.2) is 48.5 Å². The van der Waals surface area contributed by atoms with Crippen LogP contribution in [0.25, 0.3) is 0 Å². The summed E-state index contributed by atoms with van der Waals surface area (Å²) in [5.41, 5.74) is 0.659. The molecular formula is C14H14O5P+. The molecule has 0 fully saturated rings. The fourth-order valence-electron chi connectivity index (χ4n) is 1.71. The van der Waals surface area contributed by atoms with Gasteiger partial charge >= 0.3 is 7.80 Å². The topological polar surface area (TPSA) is 98.0 Å². The van der Waals surface area contributed by atoms with Gasteiger partial charge in [-0.1, -0.05) is 4.57 Å². The molecule has 0 radical (unpaired) electrons. The van der Waals surface area contributed by atoms with E-state index in [9.17, 15) is 4.57 Å². The highest BCUT2D eigenvalue weighted by Crippen LogP contribution is 2.21. The largest absolute Gasteiger partial charge is 0.415 e. The van der Waals surface area contributed by atoms with Crippen molar-refractivity contribution in [3.8, 4) is 0 Å². The zero-order valence-electron chi connectivity index (χ0n) is 10.4. The Morgan fingerprint density at radius 1 is 0.650 bits per heavy atom. The molecule has 0 aliphatic heterocycles. The van der Waals surface area contributed by atoms with E-state index in [2.05, 4.69) is 0 Å². The summed E-state index contributed by atoms with van der Waals surface area (Å²) in [4.78, 5) is 0. The molecule has 2 rings (SSSR count). The van der Waals surface area contributed by atoms with Crippen LogP contribution in [0.1, 0.15) is 23.7 Å². The molecule has 2 aromatic carbocycles. The minimum atomic E-state index is -1.81. The van der Waals surface area contributed by atoms with E-state index in [0.29, 0.717) is 21.7 Å². The number of hydrogen-bond acceptors (Lipinski definition) is 5. The van der Waals surface area contributed by atoms with Gasteiger partial charge in [0.25, 0.3) is 0 Å². The highest BCUT2D eigenvalue weighted by atomic mass is 31.1. The standard InChI is InChI=1S/C14H14O5P/c15-13(16)9-1-5-11(6-2-9)20(19)12-7-3-10(4-8-12)14(17)18/h1-8,13-18H/q+1. The number of aliphatic hydroxyl groups excluding tert-OH is 2. The van der Waals surface area contributed by atoms with Gasteiger partial charge < -0.3 is 20.4 Å². The Balaban J connectivity index is 2.22. The minimum Gasteiger partial charge on any atom is -0.364 e. The molecule has 0 aromatic heterocycles. The van der Waals surface area contributed by atoms with Crippen molar-refractivity contribution in [3.05, 3.63) is 59.7 Å². The fourth-order valence-corrected chi connectivity index (χ4v) is 2.85. The van der Waals surface area contributed by atoms with E-state index >= 15 is 0 Å². The van der Waals surface area contributed by atoms with Gasteiger partial charge in [0.15, 0.2) is 23.2 Å². The third-order valence-electron chi connectivity index (χ3n) is 2.85. The molecule has 5 nitrogen and oxygen atoms in total. The highest BCUT2D eigenvalue weighted by molar-refractivity contribution is 7.61. The average Bonchev–Trinajstić information content (AvgIpc) is 2.46. The zero-order valence-corrected chi connectivity index (χ0v) is 11.3. The molecule has 4 N–H and O–H groups in total. The van der Waals surface area contributed by atoms with Gasteiger partial charge in [0.2, 0.25) is 0 Å². The second kappa shape index (κ2) is 6.22. The van der Waals surface area contributed by atoms with Crippen LogP contribution in [-0.2, 0) is 4.57 Å². The number of aliphatic hydroxyl groups is 4. The van der Waals surface area contributed by atoms with E-state index in [-0.39, 0.29) is 0 Å². The summed E-state index contributed by atoms with van der Waals surface area (Å²) in [6.07, 6.45) is -3.10. The van der Waals surface area contributed by atoms with E-state index in [1.54, 1.807) is 24.3 Å². The van der Waals surface area contributed by atoms with Crippen molar-refractivity contribution >= 4 is 18.4 Å². The van der Waals surface area contributed by atoms with Crippen LogP contribution in [0.5, 0.6) is 0 Å². The number of hydrogen-bond donors (Lipinski definition) is 4. The second-order valence-electron chi connectivity index (χ2n) is 4.22. The average molecular weight is 293 g/mol. The molecule has 0 saturated heterocycles. The summed E-state index contributed by atoms with van der Waals surface area (Å²) >= 11 is 0. The van der Waals surface area contributed by atoms with Gasteiger partial charge in [-0.05, 0) is 48.5 Å². The van der Waals surface area contributed by atoms with Crippen molar-refractivity contribution in [3.63, 3.8) is 0 Å². The summed E-state index contributed by atoms with van der Waals surface area (Å²) in [5, 5.41) is 37.1. The summed E-state index contributed by atoms with van der Waals surface area (Å²) in [7, 11) is -1.81. The van der Waals surface area contributed by atoms with Gasteiger partial charge in [0.1, 0.15) is 0 Å². The first-order valence-corrected chi connectivity index (χ1v) is 7.14. The molecule has 0 amide bonds. The van der Waals surface area contributed by atoms with Crippen molar-refractivity contribution in [2.75, 3.05) is 0 Å². The van der Waals surface area contributed by atoms with E-state index in [1.165, 1.54) is 24.3 Å². The molecule has 2 aromatic rings. The van der Waals surface area contributed by atoms with Crippen LogP contribution in [0.4, 0.5) is 0 Å². The summed E-state index contributed by atoms with van der Waals surface area (Å²) in [6.45, 7) is 0. The van der Waals surface area contributed by atoms with Crippen LogP contribution >= 0.6 is 7.80 Å². The van der Waals surface area contributed by atoms with Crippen molar-refractivity contribution in [1.29, 1.82) is 0 Å². The molecule has 0 spiro atoms. The van der Waals surface area contributed by atoms with Crippen LogP contribution < -0.4 is 10.6 Å². The van der Waals surface area contributed by atoms with Crippen molar-refractivity contribution < 1.29 is 25.0 Å². The molecule has 0 heterocycles. The minimum absolute atomic E-state index is 0.330. The molecule has 104 valence electrons. The molecule has 0 saturated carbocycles. The van der Waals surface area contributed by atoms with Gasteiger partial charge in [-0.2, -0.15) is 0 Å². The lowest BCUT2D eigenvalue weighted by atomic mass is 10.2. The highest BCUT2D eigenvalue weighted by Gasteiger charge is 2.23. The van der Waals surface area contributed by atoms with Crippen LogP contribution in [-0.4, -0.2) is 20.4 Å². The van der Waals surface area contributed by atoms with Crippen molar-refractivity contribution in [2.45, 2.75) is 12.6 Å². The maximum atomic E-state index is 12.3. The SMILES string of the molecule is O=[P+](c1ccc(C(O)O)cc1)c1ccc(C(O)O)cc1. The van der Waals surface area contributed by atoms with E-state index < -0.39 is 20.4 Å². The Hall–Kier alpha value is -1.62. The quantitative estimate of drug-likeness (QED) is 0.484. The smallest absolute Gasteiger partial charge is 0.364 e. The van der Waals surface area contributed by atoms with E-state index in [4.69, 9.17) is 20.4 Å².